The Hall–Kier alpha value is -3.73. The molecular formula is C31H37ClFN7O2. The molecule has 0 aliphatic carbocycles. The van der Waals surface area contributed by atoms with Crippen LogP contribution in [-0.4, -0.2) is 39.2 Å². The highest BCUT2D eigenvalue weighted by atomic mass is 35.5. The van der Waals surface area contributed by atoms with Gasteiger partial charge in [0.05, 0.1) is 16.4 Å². The van der Waals surface area contributed by atoms with Crippen molar-refractivity contribution in [2.75, 3.05) is 6.54 Å². The number of nitrogens with zero attached hydrogens (tertiary/aromatic N) is 2. The molecule has 3 atom stereocenters. The fourth-order valence-electron chi connectivity index (χ4n) is 5.69. The summed E-state index contributed by atoms with van der Waals surface area (Å²) in [6, 6.07) is 13.1. The summed E-state index contributed by atoms with van der Waals surface area (Å²) in [6.45, 7) is 2.50. The molecule has 1 saturated heterocycles. The van der Waals surface area contributed by atoms with Gasteiger partial charge in [-0.15, -0.1) is 0 Å². The fraction of sp³-hybridized carbons (Fsp3) is 0.387. The van der Waals surface area contributed by atoms with Crippen molar-refractivity contribution in [1.29, 1.82) is 0 Å². The molecule has 222 valence electrons. The molecule has 5 rings (SSSR count). The van der Waals surface area contributed by atoms with Crippen LogP contribution >= 0.6 is 11.6 Å². The molecule has 3 heterocycles. The third-order valence-electron chi connectivity index (χ3n) is 7.86. The molecular weight excluding hydrogens is 557 g/mol. The third kappa shape index (κ3) is 7.00. The number of hydrogen-bond donors (Lipinski definition) is 5. The van der Waals surface area contributed by atoms with Crippen molar-refractivity contribution >= 4 is 28.7 Å². The first-order valence-electron chi connectivity index (χ1n) is 14.4. The molecule has 11 heteroatoms. The maximum Gasteiger partial charge on any atom is 0.354 e. The Morgan fingerprint density at radius 3 is 2.76 bits per heavy atom. The zero-order chi connectivity index (χ0) is 29.8. The van der Waals surface area contributed by atoms with Crippen LogP contribution in [0.25, 0.3) is 28.0 Å². The minimum atomic E-state index is -0.521. The number of carbonyl (C=O) groups is 1. The van der Waals surface area contributed by atoms with Gasteiger partial charge in [0.2, 0.25) is 0 Å². The van der Waals surface area contributed by atoms with Crippen molar-refractivity contribution in [3.05, 3.63) is 81.1 Å². The Morgan fingerprint density at radius 2 is 2.02 bits per heavy atom. The summed E-state index contributed by atoms with van der Waals surface area (Å²) in [4.78, 5) is 31.3. The third-order valence-corrected chi connectivity index (χ3v) is 8.13. The number of H-pyrrole nitrogens is 1. The van der Waals surface area contributed by atoms with E-state index in [0.717, 1.165) is 56.1 Å². The standard InChI is InChI=1S/C31H37ClFN7O2/c1-18(34)4-2-5-19-14-24(28(33)25(32)15-19)27-16-21-17-40(31(42)39-29(21)38-27)23-10-8-20(9-11-23)26-7-3-6-22(37-26)12-13-36-30(35)41/h8-11,14-18,22,26,37H,2-7,12-13,34H2,1H3,(H3,35,36,41)(H,38,39,42)/t18-,22-,26-/m0/s1. The molecule has 0 bridgehead atoms. The molecule has 1 fully saturated rings. The van der Waals surface area contributed by atoms with Crippen molar-refractivity contribution in [3.63, 3.8) is 0 Å². The topological polar surface area (TPSA) is 144 Å². The number of aryl methyl sites for hydroxylation is 1. The second-order valence-electron chi connectivity index (χ2n) is 11.2. The van der Waals surface area contributed by atoms with E-state index in [-0.39, 0.29) is 17.1 Å². The lowest BCUT2D eigenvalue weighted by Gasteiger charge is -2.31. The van der Waals surface area contributed by atoms with Crippen LogP contribution in [0.15, 0.2) is 53.5 Å². The van der Waals surface area contributed by atoms with Gasteiger partial charge in [-0.05, 0) is 86.9 Å². The average Bonchev–Trinajstić information content (AvgIpc) is 3.37. The SMILES string of the molecule is C[C@H](N)CCCc1cc(Cl)c(F)c(-c2cc3cn(-c4ccc([C@@H]5CCC[C@@H](CCNC(N)=O)N5)cc4)c(=O)nc3[nH]2)c1. The lowest BCUT2D eigenvalue weighted by Crippen LogP contribution is -2.40. The Labute approximate surface area is 248 Å². The summed E-state index contributed by atoms with van der Waals surface area (Å²) < 4.78 is 16.6. The zero-order valence-corrected chi connectivity index (χ0v) is 24.4. The number of rotatable bonds is 10. The molecule has 42 heavy (non-hydrogen) atoms. The predicted octanol–water partition coefficient (Wildman–Crippen LogP) is 5.08. The molecule has 0 radical (unpaired) electrons. The number of nitrogens with two attached hydrogens (primary N) is 2. The van der Waals surface area contributed by atoms with E-state index in [0.29, 0.717) is 40.6 Å². The maximum absolute atomic E-state index is 15.1. The van der Waals surface area contributed by atoms with Crippen LogP contribution in [0.1, 0.15) is 62.6 Å². The van der Waals surface area contributed by atoms with Gasteiger partial charge in [0.15, 0.2) is 5.82 Å². The summed E-state index contributed by atoms with van der Waals surface area (Å²) in [5.41, 5.74) is 14.6. The molecule has 7 N–H and O–H groups in total. The highest BCUT2D eigenvalue weighted by Gasteiger charge is 2.22. The smallest absolute Gasteiger partial charge is 0.352 e. The van der Waals surface area contributed by atoms with E-state index < -0.39 is 17.5 Å². The number of hydrogen-bond acceptors (Lipinski definition) is 5. The van der Waals surface area contributed by atoms with E-state index in [1.807, 2.05) is 31.2 Å². The van der Waals surface area contributed by atoms with E-state index in [2.05, 4.69) is 20.6 Å². The van der Waals surface area contributed by atoms with Crippen LogP contribution in [0.3, 0.4) is 0 Å². The van der Waals surface area contributed by atoms with E-state index in [9.17, 15) is 9.59 Å². The number of urea groups is 1. The van der Waals surface area contributed by atoms with Gasteiger partial charge in [-0.3, -0.25) is 4.57 Å². The van der Waals surface area contributed by atoms with E-state index in [4.69, 9.17) is 23.1 Å². The number of carbonyl (C=O) groups excluding carboxylic acids is 1. The number of halogens is 2. The van der Waals surface area contributed by atoms with Crippen molar-refractivity contribution in [3.8, 4) is 16.9 Å². The number of piperidine rings is 1. The number of benzene rings is 2. The Morgan fingerprint density at radius 1 is 1.24 bits per heavy atom. The lowest BCUT2D eigenvalue weighted by atomic mass is 9.92. The molecule has 0 saturated carbocycles. The second kappa shape index (κ2) is 13.1. The van der Waals surface area contributed by atoms with Crippen molar-refractivity contribution < 1.29 is 9.18 Å². The minimum absolute atomic E-state index is 0.0516. The Balaban J connectivity index is 1.35. The minimum Gasteiger partial charge on any atom is -0.352 e. The highest BCUT2D eigenvalue weighted by molar-refractivity contribution is 6.31. The molecule has 2 aromatic carbocycles. The van der Waals surface area contributed by atoms with Crippen LogP contribution in [0, 0.1) is 5.82 Å². The summed E-state index contributed by atoms with van der Waals surface area (Å²) in [5, 5.41) is 7.04. The Bertz CT molecular complexity index is 1620. The van der Waals surface area contributed by atoms with Crippen molar-refractivity contribution in [2.24, 2.45) is 11.5 Å². The normalized spacial score (nSPS) is 17.8. The first kappa shape index (κ1) is 29.8. The zero-order valence-electron chi connectivity index (χ0n) is 23.6. The molecule has 4 aromatic rings. The van der Waals surface area contributed by atoms with Gasteiger partial charge >= 0.3 is 11.7 Å². The van der Waals surface area contributed by atoms with Gasteiger partial charge in [-0.2, -0.15) is 4.98 Å². The van der Waals surface area contributed by atoms with E-state index >= 15 is 4.39 Å². The lowest BCUT2D eigenvalue weighted by molar-refractivity contribution is 0.247. The van der Waals surface area contributed by atoms with Crippen LogP contribution in [0.5, 0.6) is 0 Å². The van der Waals surface area contributed by atoms with Crippen LogP contribution in [-0.2, 0) is 6.42 Å². The first-order chi connectivity index (χ1) is 20.2. The molecule has 1 aliphatic rings. The van der Waals surface area contributed by atoms with E-state index in [1.54, 1.807) is 24.4 Å². The second-order valence-corrected chi connectivity index (χ2v) is 11.6. The predicted molar refractivity (Wildman–Crippen MR) is 164 cm³/mol. The first-order valence-corrected chi connectivity index (χ1v) is 14.8. The number of primary amides is 1. The molecule has 0 spiro atoms. The van der Waals surface area contributed by atoms with Gasteiger partial charge in [0.25, 0.3) is 0 Å². The van der Waals surface area contributed by atoms with Gasteiger partial charge in [-0.1, -0.05) is 30.2 Å². The monoisotopic (exact) mass is 593 g/mol. The molecule has 0 unspecified atom stereocenters. The van der Waals surface area contributed by atoms with Crippen LogP contribution in [0.2, 0.25) is 5.02 Å². The summed E-state index contributed by atoms with van der Waals surface area (Å²) in [6.07, 6.45) is 8.13. The van der Waals surface area contributed by atoms with Crippen LogP contribution in [0.4, 0.5) is 9.18 Å². The molecule has 9 nitrogen and oxygen atoms in total. The number of amides is 2. The average molecular weight is 594 g/mol. The molecule has 2 amide bonds. The Kier molecular flexibility index (Phi) is 9.25. The summed E-state index contributed by atoms with van der Waals surface area (Å²) in [5.74, 6) is -0.521. The largest absolute Gasteiger partial charge is 0.354 e. The van der Waals surface area contributed by atoms with Gasteiger partial charge in [0.1, 0.15) is 5.65 Å². The van der Waals surface area contributed by atoms with Gasteiger partial charge in [-0.25, -0.2) is 14.0 Å². The fourth-order valence-corrected chi connectivity index (χ4v) is 5.93. The van der Waals surface area contributed by atoms with Crippen molar-refractivity contribution in [1.82, 2.24) is 25.2 Å². The number of aromatic amines is 1. The molecule has 1 aliphatic heterocycles. The molecule has 2 aromatic heterocycles. The summed E-state index contributed by atoms with van der Waals surface area (Å²) in [7, 11) is 0. The number of nitrogens with one attached hydrogen (secondary N) is 3. The number of fused-ring (bicyclic) bond motifs is 1. The number of aromatic nitrogens is 3. The summed E-state index contributed by atoms with van der Waals surface area (Å²) >= 11 is 6.24. The van der Waals surface area contributed by atoms with Crippen LogP contribution < -0.4 is 27.8 Å². The highest BCUT2D eigenvalue weighted by Crippen LogP contribution is 2.32. The maximum atomic E-state index is 15.1. The van der Waals surface area contributed by atoms with E-state index in [1.165, 1.54) is 4.57 Å². The van der Waals surface area contributed by atoms with Crippen molar-refractivity contribution in [2.45, 2.75) is 70.0 Å². The quantitative estimate of drug-likeness (QED) is 0.174. The van der Waals surface area contributed by atoms with Gasteiger partial charge in [0, 0.05) is 41.8 Å². The van der Waals surface area contributed by atoms with Gasteiger partial charge < -0.3 is 27.1 Å².